The number of rotatable bonds is 7. The van der Waals surface area contributed by atoms with Gasteiger partial charge in [0.1, 0.15) is 6.04 Å². The predicted octanol–water partition coefficient (Wildman–Crippen LogP) is -0.219. The van der Waals surface area contributed by atoms with E-state index in [0.29, 0.717) is 18.9 Å². The number of hydrogen-bond donors (Lipinski definition) is 2. The summed E-state index contributed by atoms with van der Waals surface area (Å²) < 4.78 is 26.7. The van der Waals surface area contributed by atoms with E-state index >= 15 is 0 Å². The molecule has 34 heavy (non-hydrogen) atoms. The standard InChI is InChI=1S/C23H30N6O4S/c1-13(14-4-3-5-18(7-14)34(32,33)26-2)28-17-9-21(23(28)31)27(11-17)12-19(25)22(30)29-16(10-24)6-15-8-20(15)29/h3-5,7,13,15-17,19-21,26H,6,8-9,11-12,25H2,1-2H3/t13-,15+,16-,17?,19-,20-,21-/m0/s1. The van der Waals surface area contributed by atoms with Crippen LogP contribution in [0.25, 0.3) is 0 Å². The summed E-state index contributed by atoms with van der Waals surface area (Å²) in [5.74, 6) is 0.213. The number of piperazine rings is 1. The maximum atomic E-state index is 13.3. The first-order valence-corrected chi connectivity index (χ1v) is 13.2. The first-order chi connectivity index (χ1) is 16.2. The number of nitriles is 1. The Kier molecular flexibility index (Phi) is 5.67. The zero-order valence-corrected chi connectivity index (χ0v) is 20.1. The molecule has 0 spiro atoms. The fourth-order valence-corrected chi connectivity index (χ4v) is 6.81. The largest absolute Gasteiger partial charge is 0.330 e. The van der Waals surface area contributed by atoms with Gasteiger partial charge in [0, 0.05) is 25.2 Å². The molecule has 2 amide bonds. The van der Waals surface area contributed by atoms with Crippen molar-refractivity contribution in [2.45, 2.75) is 67.3 Å². The van der Waals surface area contributed by atoms with Crippen molar-refractivity contribution in [1.29, 1.82) is 5.26 Å². The van der Waals surface area contributed by atoms with Crippen molar-refractivity contribution in [2.24, 2.45) is 11.7 Å². The molecule has 0 aromatic heterocycles. The van der Waals surface area contributed by atoms with Gasteiger partial charge in [-0.05, 0) is 56.8 Å². The third-order valence-corrected chi connectivity index (χ3v) is 9.32. The average molecular weight is 487 g/mol. The van der Waals surface area contributed by atoms with E-state index in [-0.39, 0.29) is 47.4 Å². The average Bonchev–Trinajstić information content (AvgIpc) is 3.15. The van der Waals surface area contributed by atoms with Gasteiger partial charge in [0.15, 0.2) is 0 Å². The Bertz CT molecular complexity index is 1170. The van der Waals surface area contributed by atoms with E-state index in [4.69, 9.17) is 5.73 Å². The number of nitrogens with zero attached hydrogens (tertiary/aromatic N) is 4. The number of benzene rings is 1. The Morgan fingerprint density at radius 2 is 2.09 bits per heavy atom. The summed E-state index contributed by atoms with van der Waals surface area (Å²) in [4.78, 5) is 31.9. The smallest absolute Gasteiger partial charge is 0.242 e. The van der Waals surface area contributed by atoms with E-state index in [1.54, 1.807) is 17.0 Å². The lowest BCUT2D eigenvalue weighted by molar-refractivity contribution is -0.141. The van der Waals surface area contributed by atoms with Crippen molar-refractivity contribution in [2.75, 3.05) is 20.1 Å². The van der Waals surface area contributed by atoms with Crippen LogP contribution in [0, 0.1) is 17.2 Å². The van der Waals surface area contributed by atoms with Crippen LogP contribution in [-0.4, -0.2) is 85.3 Å². The molecule has 1 aromatic rings. The molecule has 11 heteroatoms. The van der Waals surface area contributed by atoms with Crippen LogP contribution in [0.5, 0.6) is 0 Å². The molecule has 2 bridgehead atoms. The molecule has 1 aliphatic carbocycles. The lowest BCUT2D eigenvalue weighted by Crippen LogP contribution is -2.57. The van der Waals surface area contributed by atoms with Gasteiger partial charge in [-0.2, -0.15) is 5.26 Å². The third-order valence-electron chi connectivity index (χ3n) is 7.91. The molecule has 3 aliphatic heterocycles. The van der Waals surface area contributed by atoms with Gasteiger partial charge in [-0.1, -0.05) is 12.1 Å². The van der Waals surface area contributed by atoms with Crippen LogP contribution >= 0.6 is 0 Å². The Hall–Kier alpha value is -2.52. The second kappa shape index (κ2) is 8.30. The number of hydrogen-bond acceptors (Lipinski definition) is 7. The van der Waals surface area contributed by atoms with Gasteiger partial charge < -0.3 is 15.5 Å². The Labute approximate surface area is 199 Å². The van der Waals surface area contributed by atoms with E-state index in [2.05, 4.69) is 10.8 Å². The molecule has 4 aliphatic rings. The van der Waals surface area contributed by atoms with E-state index in [1.165, 1.54) is 13.1 Å². The Morgan fingerprint density at radius 1 is 1.32 bits per heavy atom. The van der Waals surface area contributed by atoms with Gasteiger partial charge in [0.25, 0.3) is 0 Å². The van der Waals surface area contributed by atoms with E-state index < -0.39 is 22.1 Å². The highest BCUT2D eigenvalue weighted by Crippen LogP contribution is 2.48. The second-order valence-corrected chi connectivity index (χ2v) is 11.7. The molecule has 182 valence electrons. The number of likely N-dealkylation sites (tertiary alicyclic amines) is 3. The molecule has 3 N–H and O–H groups in total. The fourth-order valence-electron chi connectivity index (χ4n) is 6.03. The number of amides is 2. The minimum absolute atomic E-state index is 0.0224. The highest BCUT2D eigenvalue weighted by molar-refractivity contribution is 7.89. The fraction of sp³-hybridized carbons (Fsp3) is 0.609. The molecule has 4 fully saturated rings. The number of piperidine rings is 1. The van der Waals surface area contributed by atoms with E-state index in [0.717, 1.165) is 18.4 Å². The summed E-state index contributed by atoms with van der Waals surface area (Å²) in [7, 11) is -2.21. The summed E-state index contributed by atoms with van der Waals surface area (Å²) in [5.41, 5.74) is 7.03. The van der Waals surface area contributed by atoms with Gasteiger partial charge in [-0.15, -0.1) is 0 Å². The molecule has 5 rings (SSSR count). The van der Waals surface area contributed by atoms with Crippen LogP contribution in [0.4, 0.5) is 0 Å². The Balaban J connectivity index is 1.25. The summed E-state index contributed by atoms with van der Waals surface area (Å²) in [5, 5.41) is 9.38. The maximum Gasteiger partial charge on any atom is 0.242 e. The number of nitrogens with one attached hydrogen (secondary N) is 1. The molecular formula is C23H30N6O4S. The predicted molar refractivity (Wildman–Crippen MR) is 122 cm³/mol. The lowest BCUT2D eigenvalue weighted by Gasteiger charge is -2.38. The van der Waals surface area contributed by atoms with Gasteiger partial charge >= 0.3 is 0 Å². The first-order valence-electron chi connectivity index (χ1n) is 11.7. The number of sulfonamides is 1. The number of nitrogens with two attached hydrogens (primary N) is 1. The highest BCUT2D eigenvalue weighted by atomic mass is 32.2. The first kappa shape index (κ1) is 23.2. The maximum absolute atomic E-state index is 13.3. The number of carbonyl (C=O) groups excluding carboxylic acids is 2. The molecule has 1 unspecified atom stereocenters. The van der Waals surface area contributed by atoms with Crippen molar-refractivity contribution in [3.63, 3.8) is 0 Å². The third kappa shape index (κ3) is 3.69. The van der Waals surface area contributed by atoms with Crippen LogP contribution in [-0.2, 0) is 19.6 Å². The molecule has 3 heterocycles. The number of fused-ring (bicyclic) bond motifs is 3. The molecule has 0 radical (unpaired) electrons. The summed E-state index contributed by atoms with van der Waals surface area (Å²) in [6.45, 7) is 2.81. The van der Waals surface area contributed by atoms with Crippen LogP contribution in [0.15, 0.2) is 29.2 Å². The van der Waals surface area contributed by atoms with Gasteiger partial charge in [-0.3, -0.25) is 14.5 Å². The summed E-state index contributed by atoms with van der Waals surface area (Å²) in [6, 6.07) is 7.23. The topological polar surface area (TPSA) is 140 Å². The van der Waals surface area contributed by atoms with Crippen LogP contribution in [0.1, 0.15) is 37.8 Å². The van der Waals surface area contributed by atoms with Crippen molar-refractivity contribution < 1.29 is 18.0 Å². The van der Waals surface area contributed by atoms with Crippen molar-refractivity contribution >= 4 is 21.8 Å². The molecule has 10 nitrogen and oxygen atoms in total. The molecule has 1 aromatic carbocycles. The Morgan fingerprint density at radius 3 is 2.76 bits per heavy atom. The van der Waals surface area contributed by atoms with Crippen LogP contribution in [0.2, 0.25) is 0 Å². The zero-order valence-electron chi connectivity index (χ0n) is 19.3. The van der Waals surface area contributed by atoms with Gasteiger partial charge in [-0.25, -0.2) is 13.1 Å². The lowest BCUT2D eigenvalue weighted by atomic mass is 10.1. The molecule has 1 saturated carbocycles. The summed E-state index contributed by atoms with van der Waals surface area (Å²) in [6.07, 6.45) is 2.34. The quantitative estimate of drug-likeness (QED) is 0.543. The van der Waals surface area contributed by atoms with Crippen molar-refractivity contribution in [3.8, 4) is 6.07 Å². The van der Waals surface area contributed by atoms with Gasteiger partial charge in [0.2, 0.25) is 21.8 Å². The minimum atomic E-state index is -3.58. The minimum Gasteiger partial charge on any atom is -0.330 e. The van der Waals surface area contributed by atoms with Crippen LogP contribution < -0.4 is 10.5 Å². The van der Waals surface area contributed by atoms with Crippen molar-refractivity contribution in [3.05, 3.63) is 29.8 Å². The second-order valence-electron chi connectivity index (χ2n) is 9.86. The monoisotopic (exact) mass is 486 g/mol. The number of carbonyl (C=O) groups is 2. The molecular weight excluding hydrogens is 456 g/mol. The van der Waals surface area contributed by atoms with E-state index in [1.807, 2.05) is 22.8 Å². The van der Waals surface area contributed by atoms with E-state index in [9.17, 15) is 23.3 Å². The molecule has 3 saturated heterocycles. The van der Waals surface area contributed by atoms with Gasteiger partial charge in [0.05, 0.1) is 29.1 Å². The normalized spacial score (nSPS) is 31.9. The van der Waals surface area contributed by atoms with Crippen molar-refractivity contribution in [1.82, 2.24) is 19.4 Å². The zero-order chi connectivity index (χ0) is 24.4. The van der Waals surface area contributed by atoms with Crippen LogP contribution in [0.3, 0.4) is 0 Å². The SMILES string of the molecule is CNS(=O)(=O)c1cccc([C@H](C)N2C(=O)[C@@H]3CC2CN3C[C@H](N)C(=O)N2[C@H](C#N)C[C@@H]3C[C@@H]32)c1. The molecule has 7 atom stereocenters. The highest BCUT2D eigenvalue weighted by Gasteiger charge is 2.56. The summed E-state index contributed by atoms with van der Waals surface area (Å²) >= 11 is 0.